The van der Waals surface area contributed by atoms with E-state index in [1.165, 1.54) is 0 Å². The molecule has 0 aromatic heterocycles. The average Bonchev–Trinajstić information content (AvgIpc) is 2.94. The molecule has 1 aliphatic carbocycles. The minimum atomic E-state index is -0.749. The summed E-state index contributed by atoms with van der Waals surface area (Å²) in [5.41, 5.74) is 0.211. The van der Waals surface area contributed by atoms with Crippen molar-refractivity contribution < 1.29 is 18.6 Å². The van der Waals surface area contributed by atoms with E-state index in [0.717, 1.165) is 25.0 Å². The first-order chi connectivity index (χ1) is 6.70. The van der Waals surface area contributed by atoms with Gasteiger partial charge < -0.3 is 9.84 Å². The van der Waals surface area contributed by atoms with Gasteiger partial charge in [0.05, 0.1) is 12.7 Å². The van der Waals surface area contributed by atoms with Crippen LogP contribution in [0.1, 0.15) is 18.4 Å². The fourth-order valence-electron chi connectivity index (χ4n) is 1.17. The van der Waals surface area contributed by atoms with E-state index >= 15 is 0 Å². The summed E-state index contributed by atoms with van der Waals surface area (Å²) >= 11 is 0. The molecule has 0 atom stereocenters. The number of ether oxygens (including phenoxy) is 1. The van der Waals surface area contributed by atoms with Crippen molar-refractivity contribution in [3.63, 3.8) is 0 Å². The Morgan fingerprint density at radius 2 is 1.86 bits per heavy atom. The highest BCUT2D eigenvalue weighted by Gasteiger charge is 2.26. The Kier molecular flexibility index (Phi) is 2.37. The van der Waals surface area contributed by atoms with E-state index in [2.05, 4.69) is 0 Å². The van der Waals surface area contributed by atoms with Crippen LogP contribution < -0.4 is 4.74 Å². The molecule has 14 heavy (non-hydrogen) atoms. The Bertz CT molecular complexity index is 325. The third-order valence-electron chi connectivity index (χ3n) is 2.05. The zero-order chi connectivity index (χ0) is 10.1. The van der Waals surface area contributed by atoms with Crippen LogP contribution in [0.5, 0.6) is 5.75 Å². The van der Waals surface area contributed by atoms with E-state index in [4.69, 9.17) is 9.84 Å². The molecule has 0 unspecified atom stereocenters. The SMILES string of the molecule is OCc1cc(F)c(OC2CC2)c(F)c1. The van der Waals surface area contributed by atoms with Crippen LogP contribution in [-0.2, 0) is 6.61 Å². The van der Waals surface area contributed by atoms with E-state index in [9.17, 15) is 8.78 Å². The molecule has 1 aromatic carbocycles. The minimum absolute atomic E-state index is 0.0426. The van der Waals surface area contributed by atoms with Gasteiger partial charge in [-0.25, -0.2) is 8.78 Å². The first-order valence-corrected chi connectivity index (χ1v) is 4.46. The maximum atomic E-state index is 13.2. The monoisotopic (exact) mass is 200 g/mol. The van der Waals surface area contributed by atoms with Crippen molar-refractivity contribution in [1.82, 2.24) is 0 Å². The lowest BCUT2D eigenvalue weighted by Gasteiger charge is -2.07. The third-order valence-corrected chi connectivity index (χ3v) is 2.05. The van der Waals surface area contributed by atoms with Gasteiger partial charge >= 0.3 is 0 Å². The van der Waals surface area contributed by atoms with Crippen molar-refractivity contribution in [2.24, 2.45) is 0 Å². The lowest BCUT2D eigenvalue weighted by Crippen LogP contribution is -2.02. The summed E-state index contributed by atoms with van der Waals surface area (Å²) in [4.78, 5) is 0. The van der Waals surface area contributed by atoms with Gasteiger partial charge in [0.25, 0.3) is 0 Å². The maximum absolute atomic E-state index is 13.2. The van der Waals surface area contributed by atoms with E-state index < -0.39 is 11.6 Å². The second-order valence-electron chi connectivity index (χ2n) is 3.36. The van der Waals surface area contributed by atoms with E-state index in [0.29, 0.717) is 0 Å². The first kappa shape index (κ1) is 9.40. The van der Waals surface area contributed by atoms with Crippen LogP contribution in [0.3, 0.4) is 0 Å². The summed E-state index contributed by atoms with van der Waals surface area (Å²) in [7, 11) is 0. The second-order valence-corrected chi connectivity index (χ2v) is 3.36. The number of rotatable bonds is 3. The van der Waals surface area contributed by atoms with Gasteiger partial charge in [0.15, 0.2) is 17.4 Å². The average molecular weight is 200 g/mol. The molecular weight excluding hydrogens is 190 g/mol. The zero-order valence-corrected chi connectivity index (χ0v) is 7.46. The molecule has 76 valence electrons. The highest BCUT2D eigenvalue weighted by molar-refractivity contribution is 5.31. The number of benzene rings is 1. The first-order valence-electron chi connectivity index (χ1n) is 4.46. The van der Waals surface area contributed by atoms with Gasteiger partial charge in [-0.3, -0.25) is 0 Å². The van der Waals surface area contributed by atoms with Crippen LogP contribution in [0.4, 0.5) is 8.78 Å². The molecule has 0 bridgehead atoms. The van der Waals surface area contributed by atoms with Crippen molar-refractivity contribution >= 4 is 0 Å². The van der Waals surface area contributed by atoms with Crippen LogP contribution in [0.2, 0.25) is 0 Å². The molecule has 1 aromatic rings. The lowest BCUT2D eigenvalue weighted by molar-refractivity contribution is 0.264. The van der Waals surface area contributed by atoms with Crippen LogP contribution >= 0.6 is 0 Å². The molecule has 0 spiro atoms. The highest BCUT2D eigenvalue weighted by Crippen LogP contribution is 2.31. The topological polar surface area (TPSA) is 29.5 Å². The number of aliphatic hydroxyl groups is 1. The summed E-state index contributed by atoms with van der Waals surface area (Å²) in [5, 5.41) is 8.70. The molecule has 1 N–H and O–H groups in total. The molecular formula is C10H10F2O2. The number of hydrogen-bond acceptors (Lipinski definition) is 2. The smallest absolute Gasteiger partial charge is 0.191 e. The fraction of sp³-hybridized carbons (Fsp3) is 0.400. The third kappa shape index (κ3) is 1.85. The van der Waals surface area contributed by atoms with Crippen molar-refractivity contribution in [3.8, 4) is 5.75 Å². The van der Waals surface area contributed by atoms with Crippen LogP contribution in [0.25, 0.3) is 0 Å². The van der Waals surface area contributed by atoms with Gasteiger partial charge in [-0.2, -0.15) is 0 Å². The zero-order valence-electron chi connectivity index (χ0n) is 7.46. The molecule has 1 aliphatic rings. The molecule has 4 heteroatoms. The number of aliphatic hydroxyl groups excluding tert-OH is 1. The molecule has 0 aliphatic heterocycles. The number of halogens is 2. The largest absolute Gasteiger partial charge is 0.484 e. The molecule has 1 saturated carbocycles. The predicted octanol–water partition coefficient (Wildman–Crippen LogP) is 2.00. The Labute approximate surface area is 80.1 Å². The Hall–Kier alpha value is -1.16. The highest BCUT2D eigenvalue weighted by atomic mass is 19.1. The second kappa shape index (κ2) is 3.53. The van der Waals surface area contributed by atoms with Crippen molar-refractivity contribution in [2.45, 2.75) is 25.6 Å². The molecule has 2 rings (SSSR count). The molecule has 0 heterocycles. The van der Waals surface area contributed by atoms with Gasteiger partial charge in [-0.15, -0.1) is 0 Å². The van der Waals surface area contributed by atoms with Gasteiger partial charge in [0.2, 0.25) is 0 Å². The molecule has 2 nitrogen and oxygen atoms in total. The van der Waals surface area contributed by atoms with Crippen molar-refractivity contribution in [1.29, 1.82) is 0 Å². The van der Waals surface area contributed by atoms with Crippen LogP contribution in [0, 0.1) is 11.6 Å². The summed E-state index contributed by atoms with van der Waals surface area (Å²) in [5.74, 6) is -1.83. The molecule has 0 amide bonds. The van der Waals surface area contributed by atoms with Gasteiger partial charge in [-0.05, 0) is 30.5 Å². The lowest BCUT2D eigenvalue weighted by atomic mass is 10.2. The summed E-state index contributed by atoms with van der Waals surface area (Å²) in [6, 6.07) is 2.17. The fourth-order valence-corrected chi connectivity index (χ4v) is 1.17. The Balaban J connectivity index is 2.28. The van der Waals surface area contributed by atoms with E-state index in [1.807, 2.05) is 0 Å². The summed E-state index contributed by atoms with van der Waals surface area (Å²) in [6.07, 6.45) is 1.65. The summed E-state index contributed by atoms with van der Waals surface area (Å²) in [6.45, 7) is -0.377. The van der Waals surface area contributed by atoms with Crippen molar-refractivity contribution in [3.05, 3.63) is 29.3 Å². The number of hydrogen-bond donors (Lipinski definition) is 1. The van der Waals surface area contributed by atoms with Crippen LogP contribution in [-0.4, -0.2) is 11.2 Å². The van der Waals surface area contributed by atoms with Crippen molar-refractivity contribution in [2.75, 3.05) is 0 Å². The molecule has 1 fully saturated rings. The Morgan fingerprint density at radius 3 is 2.29 bits per heavy atom. The molecule has 0 radical (unpaired) electrons. The minimum Gasteiger partial charge on any atom is -0.484 e. The van der Waals surface area contributed by atoms with E-state index in [-0.39, 0.29) is 24.0 Å². The van der Waals surface area contributed by atoms with E-state index in [1.54, 1.807) is 0 Å². The van der Waals surface area contributed by atoms with Gasteiger partial charge in [-0.1, -0.05) is 0 Å². The Morgan fingerprint density at radius 1 is 1.29 bits per heavy atom. The van der Waals surface area contributed by atoms with Crippen LogP contribution in [0.15, 0.2) is 12.1 Å². The standard InChI is InChI=1S/C10H10F2O2/c11-8-3-6(5-13)4-9(12)10(8)14-7-1-2-7/h3-4,7,13H,1-2,5H2. The molecule has 0 saturated heterocycles. The maximum Gasteiger partial charge on any atom is 0.191 e. The van der Waals surface area contributed by atoms with Gasteiger partial charge in [0.1, 0.15) is 0 Å². The normalized spacial score (nSPS) is 15.6. The predicted molar refractivity (Wildman–Crippen MR) is 45.9 cm³/mol. The quantitative estimate of drug-likeness (QED) is 0.808. The van der Waals surface area contributed by atoms with Gasteiger partial charge in [0, 0.05) is 0 Å². The summed E-state index contributed by atoms with van der Waals surface area (Å²) < 4.78 is 31.5.